The summed E-state index contributed by atoms with van der Waals surface area (Å²) < 4.78 is 23.3. The van der Waals surface area contributed by atoms with Crippen LogP contribution >= 0.6 is 0 Å². The van der Waals surface area contributed by atoms with Gasteiger partial charge in [0.1, 0.15) is 18.1 Å². The van der Waals surface area contributed by atoms with E-state index in [1.165, 1.54) is 36.1 Å². The predicted molar refractivity (Wildman–Crippen MR) is 150 cm³/mol. The summed E-state index contributed by atoms with van der Waals surface area (Å²) in [5.41, 5.74) is 3.74. The number of methoxy groups -OCH3 is 2. The molecule has 0 unspecified atom stereocenters. The highest BCUT2D eigenvalue weighted by atomic mass is 16.5. The van der Waals surface area contributed by atoms with Gasteiger partial charge in [-0.1, -0.05) is 18.2 Å². The maximum atomic E-state index is 6.70. The first kappa shape index (κ1) is 27.7. The zero-order chi connectivity index (χ0) is 26.2. The molecule has 0 N–H and O–H groups in total. The minimum Gasteiger partial charge on any atom is -0.497 e. The number of anilines is 1. The molecular formula is C31H46N2O4. The van der Waals surface area contributed by atoms with Crippen molar-refractivity contribution in [2.45, 2.75) is 63.7 Å². The second kappa shape index (κ2) is 13.5. The Kier molecular flexibility index (Phi) is 10.1. The van der Waals surface area contributed by atoms with Crippen LogP contribution in [0.15, 0.2) is 42.5 Å². The summed E-state index contributed by atoms with van der Waals surface area (Å²) in [6.45, 7) is 6.35. The Morgan fingerprint density at radius 3 is 2.62 bits per heavy atom. The smallest absolute Gasteiger partial charge is 0.142 e. The Morgan fingerprint density at radius 1 is 1.08 bits per heavy atom. The fourth-order valence-corrected chi connectivity index (χ4v) is 5.78. The van der Waals surface area contributed by atoms with Gasteiger partial charge in [-0.3, -0.25) is 0 Å². The fourth-order valence-electron chi connectivity index (χ4n) is 5.78. The lowest BCUT2D eigenvalue weighted by Gasteiger charge is -2.38. The van der Waals surface area contributed by atoms with Crippen molar-refractivity contribution in [2.75, 3.05) is 59.5 Å². The van der Waals surface area contributed by atoms with Gasteiger partial charge in [-0.05, 0) is 94.4 Å². The van der Waals surface area contributed by atoms with Crippen LogP contribution in [0.1, 0.15) is 56.1 Å². The topological polar surface area (TPSA) is 43.4 Å². The highest BCUT2D eigenvalue weighted by molar-refractivity contribution is 5.61. The molecule has 0 spiro atoms. The molecule has 6 heteroatoms. The van der Waals surface area contributed by atoms with E-state index in [0.717, 1.165) is 50.6 Å². The van der Waals surface area contributed by atoms with Crippen molar-refractivity contribution in [3.63, 3.8) is 0 Å². The summed E-state index contributed by atoms with van der Waals surface area (Å²) in [4.78, 5) is 4.75. The van der Waals surface area contributed by atoms with E-state index in [2.05, 4.69) is 73.3 Å². The van der Waals surface area contributed by atoms with Crippen molar-refractivity contribution < 1.29 is 18.9 Å². The molecule has 4 atom stereocenters. The average Bonchev–Trinajstić information content (AvgIpc) is 2.92. The molecule has 6 nitrogen and oxygen atoms in total. The van der Waals surface area contributed by atoms with Gasteiger partial charge in [-0.15, -0.1) is 0 Å². The lowest BCUT2D eigenvalue weighted by atomic mass is 9.74. The molecule has 1 aliphatic heterocycles. The van der Waals surface area contributed by atoms with Gasteiger partial charge in [0.05, 0.1) is 32.1 Å². The predicted octanol–water partition coefficient (Wildman–Crippen LogP) is 5.74. The maximum absolute atomic E-state index is 6.70. The average molecular weight is 511 g/mol. The highest BCUT2D eigenvalue weighted by Gasteiger charge is 2.33. The summed E-state index contributed by atoms with van der Waals surface area (Å²) in [6, 6.07) is 15.7. The van der Waals surface area contributed by atoms with Crippen LogP contribution in [0, 0.1) is 5.92 Å². The Bertz CT molecular complexity index is 964. The fraction of sp³-hybridized carbons (Fsp3) is 0.613. The molecular weight excluding hydrogens is 464 g/mol. The summed E-state index contributed by atoms with van der Waals surface area (Å²) in [6.07, 6.45) is 5.94. The van der Waals surface area contributed by atoms with Crippen molar-refractivity contribution in [1.29, 1.82) is 0 Å². The van der Waals surface area contributed by atoms with E-state index in [1.807, 2.05) is 0 Å². The highest BCUT2D eigenvalue weighted by Crippen LogP contribution is 2.41. The molecule has 0 saturated heterocycles. The van der Waals surface area contributed by atoms with Crippen LogP contribution in [0.3, 0.4) is 0 Å². The zero-order valence-corrected chi connectivity index (χ0v) is 23.4. The number of hydrogen-bond donors (Lipinski definition) is 0. The van der Waals surface area contributed by atoms with E-state index < -0.39 is 0 Å². The normalized spacial score (nSPS) is 22.4. The number of benzene rings is 2. The van der Waals surface area contributed by atoms with Crippen molar-refractivity contribution in [3.05, 3.63) is 53.6 Å². The molecule has 4 rings (SSSR count). The lowest BCUT2D eigenvalue weighted by molar-refractivity contribution is -0.0112. The monoisotopic (exact) mass is 510 g/mol. The number of hydrogen-bond acceptors (Lipinski definition) is 6. The summed E-state index contributed by atoms with van der Waals surface area (Å²) in [5.74, 6) is 2.98. The minimum absolute atomic E-state index is 0.212. The van der Waals surface area contributed by atoms with Crippen molar-refractivity contribution >= 4 is 5.69 Å². The van der Waals surface area contributed by atoms with Gasteiger partial charge in [0, 0.05) is 32.2 Å². The van der Waals surface area contributed by atoms with E-state index in [4.69, 9.17) is 18.9 Å². The van der Waals surface area contributed by atoms with Crippen LogP contribution in [0.2, 0.25) is 0 Å². The maximum Gasteiger partial charge on any atom is 0.142 e. The summed E-state index contributed by atoms with van der Waals surface area (Å²) >= 11 is 0. The van der Waals surface area contributed by atoms with Crippen molar-refractivity contribution in [3.8, 4) is 11.5 Å². The van der Waals surface area contributed by atoms with Crippen molar-refractivity contribution in [2.24, 2.45) is 5.92 Å². The molecule has 1 heterocycles. The van der Waals surface area contributed by atoms with E-state index in [1.54, 1.807) is 14.2 Å². The molecule has 0 radical (unpaired) electrons. The second-order valence-corrected chi connectivity index (χ2v) is 10.9. The van der Waals surface area contributed by atoms with Gasteiger partial charge >= 0.3 is 0 Å². The van der Waals surface area contributed by atoms with Crippen LogP contribution in [0.5, 0.6) is 11.5 Å². The first-order valence-electron chi connectivity index (χ1n) is 13.9. The van der Waals surface area contributed by atoms with Gasteiger partial charge in [0.2, 0.25) is 0 Å². The standard InChI is InChI=1S/C31H46N2O4/c1-23(32(2)3)19-24-7-13-30(28(20-24)26-9-11-27(35-5)12-10-26)37-22-25-8-14-31-29(21-25)33(16-18-36-31)15-6-17-34-4/h8-12,14,21,23-24,28,30H,6-7,13,15-20,22H2,1-5H3/t23-,24+,28-,30+/m1/s1. The molecule has 2 aromatic rings. The van der Waals surface area contributed by atoms with Gasteiger partial charge in [-0.25, -0.2) is 0 Å². The van der Waals surface area contributed by atoms with Gasteiger partial charge in [0.25, 0.3) is 0 Å². The first-order valence-corrected chi connectivity index (χ1v) is 13.9. The molecule has 2 aromatic carbocycles. The Labute approximate surface area is 223 Å². The number of ether oxygens (including phenoxy) is 4. The SMILES string of the molecule is COCCCN1CCOc2ccc(CO[C@H]3CC[C@@H](C[C@@H](C)N(C)C)C[C@@H]3c3ccc(OC)cc3)cc21. The Morgan fingerprint density at radius 2 is 1.89 bits per heavy atom. The molecule has 1 fully saturated rings. The molecule has 1 aliphatic carbocycles. The molecule has 204 valence electrons. The third-order valence-electron chi connectivity index (χ3n) is 8.22. The molecule has 0 amide bonds. The lowest BCUT2D eigenvalue weighted by Crippen LogP contribution is -2.34. The van der Waals surface area contributed by atoms with E-state index in [0.29, 0.717) is 24.5 Å². The van der Waals surface area contributed by atoms with Crippen LogP contribution in [0.25, 0.3) is 0 Å². The zero-order valence-electron chi connectivity index (χ0n) is 23.4. The third kappa shape index (κ3) is 7.40. The van der Waals surface area contributed by atoms with Crippen LogP contribution in [-0.4, -0.2) is 71.7 Å². The quantitative estimate of drug-likeness (QED) is 0.339. The van der Waals surface area contributed by atoms with Crippen molar-refractivity contribution in [1.82, 2.24) is 4.90 Å². The van der Waals surface area contributed by atoms with Crippen LogP contribution in [0.4, 0.5) is 5.69 Å². The number of rotatable bonds is 12. The van der Waals surface area contributed by atoms with E-state index >= 15 is 0 Å². The van der Waals surface area contributed by atoms with Crippen LogP contribution < -0.4 is 14.4 Å². The molecule has 0 aromatic heterocycles. The molecule has 2 aliphatic rings. The minimum atomic E-state index is 0.212. The van der Waals surface area contributed by atoms with Gasteiger partial charge in [0.15, 0.2) is 0 Å². The Balaban J connectivity index is 1.45. The second-order valence-electron chi connectivity index (χ2n) is 10.9. The molecule has 1 saturated carbocycles. The van der Waals surface area contributed by atoms with Crippen LogP contribution in [-0.2, 0) is 16.1 Å². The third-order valence-corrected chi connectivity index (χ3v) is 8.22. The number of fused-ring (bicyclic) bond motifs is 1. The van der Waals surface area contributed by atoms with E-state index in [9.17, 15) is 0 Å². The Hall–Kier alpha value is -2.28. The van der Waals surface area contributed by atoms with E-state index in [-0.39, 0.29) is 6.10 Å². The first-order chi connectivity index (χ1) is 18.0. The molecule has 37 heavy (non-hydrogen) atoms. The largest absolute Gasteiger partial charge is 0.497 e. The van der Waals surface area contributed by atoms with Gasteiger partial charge < -0.3 is 28.7 Å². The summed E-state index contributed by atoms with van der Waals surface area (Å²) in [7, 11) is 7.85. The summed E-state index contributed by atoms with van der Waals surface area (Å²) in [5, 5.41) is 0. The van der Waals surface area contributed by atoms with Gasteiger partial charge in [-0.2, -0.15) is 0 Å². The number of nitrogens with zero attached hydrogens (tertiary/aromatic N) is 2. The molecule has 0 bridgehead atoms.